The van der Waals surface area contributed by atoms with Gasteiger partial charge in [0.05, 0.1) is 25.0 Å². The van der Waals surface area contributed by atoms with Gasteiger partial charge in [-0.1, -0.05) is 0 Å². The first-order chi connectivity index (χ1) is 8.78. The van der Waals surface area contributed by atoms with E-state index in [2.05, 4.69) is 21.3 Å². The Morgan fingerprint density at radius 2 is 2.33 bits per heavy atom. The number of hydrogen-bond acceptors (Lipinski definition) is 3. The molecule has 1 aliphatic rings. The summed E-state index contributed by atoms with van der Waals surface area (Å²) < 4.78 is 7.42. The van der Waals surface area contributed by atoms with Crippen LogP contribution in [0.3, 0.4) is 0 Å². The largest absolute Gasteiger partial charge is 0.495 e. The highest BCUT2D eigenvalue weighted by Crippen LogP contribution is 2.21. The molecule has 0 saturated carbocycles. The summed E-state index contributed by atoms with van der Waals surface area (Å²) in [5.74, 6) is 2.00. The Labute approximate surface area is 107 Å². The second-order valence-electron chi connectivity index (χ2n) is 5.02. The highest BCUT2D eigenvalue weighted by Gasteiger charge is 2.22. The van der Waals surface area contributed by atoms with E-state index in [4.69, 9.17) is 4.74 Å². The van der Waals surface area contributed by atoms with Crippen molar-refractivity contribution in [2.24, 2.45) is 0 Å². The van der Waals surface area contributed by atoms with E-state index < -0.39 is 0 Å². The first-order valence-corrected chi connectivity index (χ1v) is 6.48. The van der Waals surface area contributed by atoms with Crippen LogP contribution in [0.4, 0.5) is 0 Å². The van der Waals surface area contributed by atoms with Crippen LogP contribution in [0.5, 0.6) is 5.75 Å². The third-order valence-corrected chi connectivity index (χ3v) is 3.90. The Hall–Kier alpha value is -1.55. The molecule has 2 aromatic heterocycles. The summed E-state index contributed by atoms with van der Waals surface area (Å²) in [5.41, 5.74) is 1.13. The van der Waals surface area contributed by atoms with E-state index in [1.54, 1.807) is 7.11 Å². The number of rotatable bonds is 3. The SMILES string of the molecule is COc1ccc2cnc(CC3CCCN3C)n2c1. The number of imidazole rings is 1. The second-order valence-corrected chi connectivity index (χ2v) is 5.02. The highest BCUT2D eigenvalue weighted by molar-refractivity contribution is 5.48. The van der Waals surface area contributed by atoms with Gasteiger partial charge in [-0.25, -0.2) is 4.98 Å². The number of pyridine rings is 1. The van der Waals surface area contributed by atoms with Crippen LogP contribution in [-0.2, 0) is 6.42 Å². The zero-order valence-electron chi connectivity index (χ0n) is 11.0. The number of methoxy groups -OCH3 is 1. The van der Waals surface area contributed by atoms with E-state index in [0.717, 1.165) is 23.5 Å². The molecule has 3 heterocycles. The molecule has 4 heteroatoms. The minimum atomic E-state index is 0.627. The zero-order chi connectivity index (χ0) is 12.5. The predicted molar refractivity (Wildman–Crippen MR) is 71.1 cm³/mol. The Morgan fingerprint density at radius 3 is 3.06 bits per heavy atom. The van der Waals surface area contributed by atoms with Crippen LogP contribution < -0.4 is 4.74 Å². The molecule has 3 rings (SSSR count). The molecule has 0 radical (unpaired) electrons. The molecule has 2 aromatic rings. The fourth-order valence-corrected chi connectivity index (χ4v) is 2.74. The molecule has 1 aliphatic heterocycles. The molecule has 96 valence electrons. The third-order valence-electron chi connectivity index (χ3n) is 3.90. The van der Waals surface area contributed by atoms with Crippen LogP contribution in [0.15, 0.2) is 24.5 Å². The van der Waals surface area contributed by atoms with Gasteiger partial charge in [-0.05, 0) is 38.6 Å². The van der Waals surface area contributed by atoms with Crippen molar-refractivity contribution in [3.8, 4) is 5.75 Å². The van der Waals surface area contributed by atoms with E-state index in [1.165, 1.54) is 19.4 Å². The summed E-state index contributed by atoms with van der Waals surface area (Å²) >= 11 is 0. The van der Waals surface area contributed by atoms with Crippen molar-refractivity contribution in [3.63, 3.8) is 0 Å². The quantitative estimate of drug-likeness (QED) is 0.828. The van der Waals surface area contributed by atoms with E-state index in [0.29, 0.717) is 6.04 Å². The molecular formula is C14H19N3O. The molecule has 1 atom stereocenters. The van der Waals surface area contributed by atoms with Gasteiger partial charge < -0.3 is 9.64 Å². The van der Waals surface area contributed by atoms with Crippen molar-refractivity contribution in [3.05, 3.63) is 30.4 Å². The summed E-state index contributed by atoms with van der Waals surface area (Å²) in [6, 6.07) is 4.65. The Kier molecular flexibility index (Phi) is 2.96. The highest BCUT2D eigenvalue weighted by atomic mass is 16.5. The summed E-state index contributed by atoms with van der Waals surface area (Å²) in [5, 5.41) is 0. The van der Waals surface area contributed by atoms with Gasteiger partial charge >= 0.3 is 0 Å². The van der Waals surface area contributed by atoms with Crippen molar-refractivity contribution in [2.45, 2.75) is 25.3 Å². The number of hydrogen-bond donors (Lipinski definition) is 0. The average Bonchev–Trinajstić information content (AvgIpc) is 2.97. The van der Waals surface area contributed by atoms with Crippen LogP contribution in [0.2, 0.25) is 0 Å². The van der Waals surface area contributed by atoms with Crippen LogP contribution in [0, 0.1) is 0 Å². The minimum Gasteiger partial charge on any atom is -0.495 e. The molecule has 0 bridgehead atoms. The summed E-state index contributed by atoms with van der Waals surface area (Å²) in [7, 11) is 3.90. The van der Waals surface area contributed by atoms with Gasteiger partial charge in [0.1, 0.15) is 11.6 Å². The van der Waals surface area contributed by atoms with E-state index in [-0.39, 0.29) is 0 Å². The number of likely N-dealkylation sites (tertiary alicyclic amines) is 1. The van der Waals surface area contributed by atoms with Gasteiger partial charge in [-0.3, -0.25) is 4.40 Å². The van der Waals surface area contributed by atoms with Crippen molar-refractivity contribution in [1.29, 1.82) is 0 Å². The van der Waals surface area contributed by atoms with Gasteiger partial charge in [0.25, 0.3) is 0 Å². The van der Waals surface area contributed by atoms with Crippen LogP contribution in [0.1, 0.15) is 18.7 Å². The smallest absolute Gasteiger partial charge is 0.135 e. The number of fused-ring (bicyclic) bond motifs is 1. The molecule has 0 aromatic carbocycles. The number of ether oxygens (including phenoxy) is 1. The van der Waals surface area contributed by atoms with Gasteiger partial charge in [-0.15, -0.1) is 0 Å². The van der Waals surface area contributed by atoms with Crippen molar-refractivity contribution < 1.29 is 4.74 Å². The lowest BCUT2D eigenvalue weighted by Crippen LogP contribution is -2.27. The Morgan fingerprint density at radius 1 is 1.44 bits per heavy atom. The molecule has 0 amide bonds. The van der Waals surface area contributed by atoms with Gasteiger partial charge in [-0.2, -0.15) is 0 Å². The number of likely N-dealkylation sites (N-methyl/N-ethyl adjacent to an activating group) is 1. The first kappa shape index (κ1) is 11.5. The van der Waals surface area contributed by atoms with Crippen LogP contribution in [-0.4, -0.2) is 41.0 Å². The van der Waals surface area contributed by atoms with E-state index >= 15 is 0 Å². The van der Waals surface area contributed by atoms with Crippen LogP contribution >= 0.6 is 0 Å². The maximum absolute atomic E-state index is 5.28. The molecule has 0 spiro atoms. The van der Waals surface area contributed by atoms with E-state index in [1.807, 2.05) is 24.5 Å². The number of nitrogens with zero attached hydrogens (tertiary/aromatic N) is 3. The fourth-order valence-electron chi connectivity index (χ4n) is 2.74. The molecule has 1 unspecified atom stereocenters. The molecule has 0 aliphatic carbocycles. The molecule has 0 N–H and O–H groups in total. The lowest BCUT2D eigenvalue weighted by molar-refractivity contribution is 0.305. The van der Waals surface area contributed by atoms with Crippen LogP contribution in [0.25, 0.3) is 5.52 Å². The third kappa shape index (κ3) is 1.97. The fraction of sp³-hybridized carbons (Fsp3) is 0.500. The number of aromatic nitrogens is 2. The van der Waals surface area contributed by atoms with Crippen molar-refractivity contribution >= 4 is 5.52 Å². The Balaban J connectivity index is 1.91. The standard InChI is InChI=1S/C14H19N3O/c1-16-7-3-4-11(16)8-14-15-9-12-5-6-13(18-2)10-17(12)14/h5-6,9-11H,3-4,7-8H2,1-2H3. The monoisotopic (exact) mass is 245 g/mol. The molecular weight excluding hydrogens is 226 g/mol. The first-order valence-electron chi connectivity index (χ1n) is 6.48. The predicted octanol–water partition coefficient (Wildman–Crippen LogP) is 1.98. The molecule has 18 heavy (non-hydrogen) atoms. The van der Waals surface area contributed by atoms with Gasteiger partial charge in [0.15, 0.2) is 0 Å². The molecule has 1 fully saturated rings. The Bertz CT molecular complexity index is 549. The average molecular weight is 245 g/mol. The summed E-state index contributed by atoms with van der Waals surface area (Å²) in [4.78, 5) is 6.98. The lowest BCUT2D eigenvalue weighted by Gasteiger charge is -2.18. The summed E-state index contributed by atoms with van der Waals surface area (Å²) in [6.07, 6.45) is 7.54. The zero-order valence-corrected chi connectivity index (χ0v) is 11.0. The normalized spacial score (nSPS) is 20.7. The minimum absolute atomic E-state index is 0.627. The van der Waals surface area contributed by atoms with Gasteiger partial charge in [0, 0.05) is 12.5 Å². The maximum Gasteiger partial charge on any atom is 0.135 e. The topological polar surface area (TPSA) is 29.8 Å². The lowest BCUT2D eigenvalue weighted by atomic mass is 10.1. The maximum atomic E-state index is 5.28. The van der Waals surface area contributed by atoms with E-state index in [9.17, 15) is 0 Å². The second kappa shape index (κ2) is 4.61. The van der Waals surface area contributed by atoms with Gasteiger partial charge in [0.2, 0.25) is 0 Å². The molecule has 4 nitrogen and oxygen atoms in total. The summed E-state index contributed by atoms with van der Waals surface area (Å²) in [6.45, 7) is 1.21. The van der Waals surface area contributed by atoms with Crippen molar-refractivity contribution in [1.82, 2.24) is 14.3 Å². The van der Waals surface area contributed by atoms with Crippen molar-refractivity contribution in [2.75, 3.05) is 20.7 Å². The molecule has 1 saturated heterocycles.